The van der Waals surface area contributed by atoms with Crippen LogP contribution in [-0.2, 0) is 44.6 Å². The largest absolute Gasteiger partial charge is 0.445 e. The highest BCUT2D eigenvalue weighted by Crippen LogP contribution is 2.36. The predicted octanol–water partition coefficient (Wildman–Crippen LogP) is 3.48. The molecule has 4 rings (SSSR count). The first-order chi connectivity index (χ1) is 21.6. The number of carbonyl (C=O) groups is 4. The van der Waals surface area contributed by atoms with Gasteiger partial charge >= 0.3 is 24.5 Å². The smallest absolute Gasteiger partial charge is 0.416 e. The first-order valence-electron chi connectivity index (χ1n) is 13.7. The summed E-state index contributed by atoms with van der Waals surface area (Å²) in [6.45, 7) is 1.07. The molecule has 2 aromatic carbocycles. The molecule has 0 saturated carbocycles. The zero-order chi connectivity index (χ0) is 33.8. The molecule has 2 saturated heterocycles. The number of rotatable bonds is 8. The zero-order valence-electron chi connectivity index (χ0n) is 24.0. The summed E-state index contributed by atoms with van der Waals surface area (Å²) in [6.07, 6.45) is -12.5. The van der Waals surface area contributed by atoms with Gasteiger partial charge in [0.25, 0.3) is 0 Å². The number of carbonyl (C=O) groups excluding carboxylic acids is 4. The molecule has 0 radical (unpaired) electrons. The number of fused-ring (bicyclic) bond motifs is 1. The van der Waals surface area contributed by atoms with Gasteiger partial charge in [-0.3, -0.25) is 14.5 Å². The maximum Gasteiger partial charge on any atom is 0.416 e. The van der Waals surface area contributed by atoms with Crippen molar-refractivity contribution >= 4 is 24.0 Å². The Morgan fingerprint density at radius 1 is 0.935 bits per heavy atom. The SMILES string of the molecule is C=CCOC(=O)N[C@H]1CN(C(=O)OCc2cc(C(F)(F)F)cc(C(F)(F)F)c2)[C@H]2CN(Cc3ccccc3)C(=O)[C@H](CN)N2C1=O. The minimum atomic E-state index is -5.12. The van der Waals surface area contributed by atoms with Crippen molar-refractivity contribution in [2.24, 2.45) is 5.73 Å². The van der Waals surface area contributed by atoms with E-state index in [1.165, 1.54) is 11.0 Å². The van der Waals surface area contributed by atoms with Crippen LogP contribution < -0.4 is 11.1 Å². The third-order valence-electron chi connectivity index (χ3n) is 7.24. The van der Waals surface area contributed by atoms with Crippen molar-refractivity contribution in [3.63, 3.8) is 0 Å². The van der Waals surface area contributed by atoms with E-state index in [1.54, 1.807) is 30.3 Å². The summed E-state index contributed by atoms with van der Waals surface area (Å²) in [5.41, 5.74) is 2.82. The van der Waals surface area contributed by atoms with Crippen LogP contribution in [0.15, 0.2) is 61.2 Å². The highest BCUT2D eigenvalue weighted by atomic mass is 19.4. The molecule has 0 spiro atoms. The standard InChI is InChI=1S/C29H29F6N5O6/c1-2-8-45-26(43)37-21-14-39(27(44)46-16-18-9-19(28(30,31)32)11-20(10-18)29(33,34)35)23-15-38(13-17-6-4-3-5-7-17)25(42)22(12-36)40(23)24(21)41/h2-7,9-11,21-23H,1,8,12-16,36H2,(H,37,43)/t21-,22-,23+/m0/s1. The third-order valence-corrected chi connectivity index (χ3v) is 7.24. The molecule has 46 heavy (non-hydrogen) atoms. The van der Waals surface area contributed by atoms with Crippen molar-refractivity contribution in [1.29, 1.82) is 0 Å². The second-order valence-electron chi connectivity index (χ2n) is 10.4. The summed E-state index contributed by atoms with van der Waals surface area (Å²) in [4.78, 5) is 56.1. The lowest BCUT2D eigenvalue weighted by Gasteiger charge is -2.53. The minimum absolute atomic E-state index is 0.0610. The average Bonchev–Trinajstić information content (AvgIpc) is 3.00. The van der Waals surface area contributed by atoms with E-state index in [0.717, 1.165) is 9.80 Å². The van der Waals surface area contributed by atoms with E-state index >= 15 is 0 Å². The van der Waals surface area contributed by atoms with Crippen molar-refractivity contribution in [2.75, 3.05) is 26.2 Å². The predicted molar refractivity (Wildman–Crippen MR) is 147 cm³/mol. The summed E-state index contributed by atoms with van der Waals surface area (Å²) in [5, 5.41) is 2.29. The number of amides is 4. The van der Waals surface area contributed by atoms with Crippen molar-refractivity contribution in [3.8, 4) is 0 Å². The Kier molecular flexibility index (Phi) is 10.1. The monoisotopic (exact) mass is 657 g/mol. The fraction of sp³-hybridized carbons (Fsp3) is 0.379. The van der Waals surface area contributed by atoms with Gasteiger partial charge < -0.3 is 30.3 Å². The fourth-order valence-corrected chi connectivity index (χ4v) is 5.15. The summed E-state index contributed by atoms with van der Waals surface area (Å²) < 4.78 is 90.2. The summed E-state index contributed by atoms with van der Waals surface area (Å²) in [6, 6.07) is 6.73. The number of nitrogens with one attached hydrogen (secondary N) is 1. The quantitative estimate of drug-likeness (QED) is 0.328. The van der Waals surface area contributed by atoms with E-state index in [4.69, 9.17) is 15.2 Å². The van der Waals surface area contributed by atoms with Gasteiger partial charge in [-0.15, -0.1) is 0 Å². The van der Waals surface area contributed by atoms with Crippen LogP contribution in [0.25, 0.3) is 0 Å². The van der Waals surface area contributed by atoms with E-state index in [1.807, 2.05) is 0 Å². The normalized spacial score (nSPS) is 20.2. The lowest BCUT2D eigenvalue weighted by Crippen LogP contribution is -2.76. The highest BCUT2D eigenvalue weighted by molar-refractivity contribution is 5.94. The van der Waals surface area contributed by atoms with Crippen LogP contribution in [-0.4, -0.2) is 83.2 Å². The molecule has 3 N–H and O–H groups in total. The van der Waals surface area contributed by atoms with Gasteiger partial charge in [0.1, 0.15) is 31.5 Å². The molecular weight excluding hydrogens is 628 g/mol. The summed E-state index contributed by atoms with van der Waals surface area (Å²) >= 11 is 0. The first-order valence-corrected chi connectivity index (χ1v) is 13.7. The molecule has 2 aromatic rings. The number of piperazine rings is 1. The number of hydrogen-bond acceptors (Lipinski definition) is 7. The number of benzene rings is 2. The molecule has 2 aliphatic heterocycles. The van der Waals surface area contributed by atoms with Gasteiger partial charge in [-0.1, -0.05) is 43.0 Å². The van der Waals surface area contributed by atoms with Gasteiger partial charge in [0, 0.05) is 13.1 Å². The van der Waals surface area contributed by atoms with Gasteiger partial charge in [-0.25, -0.2) is 9.59 Å². The first kappa shape index (κ1) is 34.1. The molecule has 0 aromatic heterocycles. The Hall–Kier alpha value is -4.80. The Bertz CT molecular complexity index is 1440. The van der Waals surface area contributed by atoms with Gasteiger partial charge in [0.15, 0.2) is 0 Å². The molecule has 4 amide bonds. The number of nitrogens with zero attached hydrogens (tertiary/aromatic N) is 3. The molecule has 17 heteroatoms. The van der Waals surface area contributed by atoms with Gasteiger partial charge in [-0.2, -0.15) is 26.3 Å². The number of alkyl carbamates (subject to hydrolysis) is 1. The Morgan fingerprint density at radius 3 is 2.13 bits per heavy atom. The third kappa shape index (κ3) is 7.70. The molecule has 248 valence electrons. The molecule has 2 fully saturated rings. The number of hydrogen-bond donors (Lipinski definition) is 2. The Morgan fingerprint density at radius 2 is 1.57 bits per heavy atom. The molecule has 2 heterocycles. The molecule has 3 atom stereocenters. The Labute approximate surface area is 258 Å². The Balaban J connectivity index is 1.65. The van der Waals surface area contributed by atoms with Crippen molar-refractivity contribution in [1.82, 2.24) is 20.0 Å². The van der Waals surface area contributed by atoms with Crippen LogP contribution in [0.3, 0.4) is 0 Å². The van der Waals surface area contributed by atoms with Crippen LogP contribution in [0.2, 0.25) is 0 Å². The van der Waals surface area contributed by atoms with Crippen LogP contribution in [0.4, 0.5) is 35.9 Å². The van der Waals surface area contributed by atoms with E-state index < -0.39 is 84.4 Å². The van der Waals surface area contributed by atoms with Crippen molar-refractivity contribution < 1.29 is 55.0 Å². The lowest BCUT2D eigenvalue weighted by molar-refractivity contribution is -0.170. The van der Waals surface area contributed by atoms with Crippen LogP contribution >= 0.6 is 0 Å². The molecule has 0 aliphatic carbocycles. The summed E-state index contributed by atoms with van der Waals surface area (Å²) in [5.74, 6) is -1.33. The second-order valence-corrected chi connectivity index (χ2v) is 10.4. The second kappa shape index (κ2) is 13.7. The maximum atomic E-state index is 13.6. The van der Waals surface area contributed by atoms with Gasteiger partial charge in [0.05, 0.1) is 24.2 Å². The van der Waals surface area contributed by atoms with E-state index in [2.05, 4.69) is 11.9 Å². The van der Waals surface area contributed by atoms with Crippen LogP contribution in [0.1, 0.15) is 22.3 Å². The topological polar surface area (TPSA) is 135 Å². The van der Waals surface area contributed by atoms with Crippen molar-refractivity contribution in [3.05, 3.63) is 83.4 Å². The minimum Gasteiger partial charge on any atom is -0.445 e. The van der Waals surface area contributed by atoms with E-state index in [-0.39, 0.29) is 32.3 Å². The number of nitrogens with two attached hydrogens (primary N) is 1. The molecule has 2 aliphatic rings. The number of ether oxygens (including phenoxy) is 2. The van der Waals surface area contributed by atoms with Gasteiger partial charge in [-0.05, 0) is 29.3 Å². The van der Waals surface area contributed by atoms with Crippen LogP contribution in [0, 0.1) is 0 Å². The van der Waals surface area contributed by atoms with E-state index in [9.17, 15) is 45.5 Å². The highest BCUT2D eigenvalue weighted by Gasteiger charge is 2.52. The van der Waals surface area contributed by atoms with Gasteiger partial charge in [0.2, 0.25) is 11.8 Å². The molecule has 11 nitrogen and oxygen atoms in total. The molecule has 0 bridgehead atoms. The van der Waals surface area contributed by atoms with Crippen molar-refractivity contribution in [2.45, 2.75) is 43.8 Å². The number of halogens is 6. The molecular formula is C29H29F6N5O6. The average molecular weight is 658 g/mol. The molecule has 0 unspecified atom stereocenters. The lowest BCUT2D eigenvalue weighted by atomic mass is 10.0. The maximum absolute atomic E-state index is 13.6. The zero-order valence-corrected chi connectivity index (χ0v) is 24.0. The number of alkyl halides is 6. The summed E-state index contributed by atoms with van der Waals surface area (Å²) in [7, 11) is 0. The van der Waals surface area contributed by atoms with E-state index in [0.29, 0.717) is 17.7 Å². The fourth-order valence-electron chi connectivity index (χ4n) is 5.15. The van der Waals surface area contributed by atoms with Crippen LogP contribution in [0.5, 0.6) is 0 Å².